The molecule has 10 heteroatoms. The zero-order valence-corrected chi connectivity index (χ0v) is 28.2. The summed E-state index contributed by atoms with van der Waals surface area (Å²) in [6, 6.07) is 6.03. The number of carbonyl (C=O) groups excluding carboxylic acids is 2. The standard InChI is InChI=1S/C34H51BrN6O3/c1-3-5-6-15-41(4-2)20-29-27(17-25(19-36)44-29)31(35)32(41)39-22-7-9-23(10-8-22)40-24-11-12-28(40)26(16-24)33(43)38-21-34(13-14-34)18-30(37)42/h17,22-24,26,28,31-32,39H,3-16,18,20-21H2,1-2H3,(H2-,37,38,42,43)/p+1. The molecular weight excluding hydrogens is 620 g/mol. The fraction of sp³-hybridized carbons (Fsp3) is 0.794. The van der Waals surface area contributed by atoms with Crippen molar-refractivity contribution in [3.05, 3.63) is 23.2 Å². The van der Waals surface area contributed by atoms with E-state index < -0.39 is 0 Å². The Balaban J connectivity index is 1.07. The number of nitrogens with two attached hydrogens (primary N) is 1. The molecule has 2 saturated heterocycles. The number of nitrogens with one attached hydrogen (secondary N) is 2. The van der Waals surface area contributed by atoms with Gasteiger partial charge in [0.25, 0.3) is 0 Å². The maximum Gasteiger partial charge on any atom is 0.224 e. The molecule has 2 amide bonds. The van der Waals surface area contributed by atoms with Crippen LogP contribution >= 0.6 is 15.9 Å². The minimum absolute atomic E-state index is 0.0680. The summed E-state index contributed by atoms with van der Waals surface area (Å²) in [5, 5.41) is 16.9. The van der Waals surface area contributed by atoms with Crippen molar-refractivity contribution in [2.75, 3.05) is 19.6 Å². The van der Waals surface area contributed by atoms with Gasteiger partial charge in [0, 0.05) is 48.8 Å². The average Bonchev–Trinajstić information content (AvgIpc) is 3.32. The van der Waals surface area contributed by atoms with E-state index in [-0.39, 0.29) is 34.1 Å². The number of hydrogen-bond donors (Lipinski definition) is 3. The van der Waals surface area contributed by atoms with Crippen LogP contribution in [0.3, 0.4) is 0 Å². The van der Waals surface area contributed by atoms with Gasteiger partial charge >= 0.3 is 0 Å². The van der Waals surface area contributed by atoms with E-state index in [4.69, 9.17) is 10.2 Å². The molecule has 6 rings (SSSR count). The monoisotopic (exact) mass is 671 g/mol. The van der Waals surface area contributed by atoms with Crippen LogP contribution < -0.4 is 16.4 Å². The Morgan fingerprint density at radius 2 is 1.91 bits per heavy atom. The zero-order chi connectivity index (χ0) is 31.1. The molecule has 9 nitrogen and oxygen atoms in total. The summed E-state index contributed by atoms with van der Waals surface area (Å²) in [6.07, 6.45) is 14.1. The van der Waals surface area contributed by atoms with Gasteiger partial charge in [-0.25, -0.2) is 0 Å². The van der Waals surface area contributed by atoms with E-state index in [1.54, 1.807) is 0 Å². The van der Waals surface area contributed by atoms with Crippen molar-refractivity contribution in [2.24, 2.45) is 17.1 Å². The molecule has 6 atom stereocenters. The Labute approximate surface area is 271 Å². The highest BCUT2D eigenvalue weighted by Gasteiger charge is 2.53. The Kier molecular flexibility index (Phi) is 9.50. The van der Waals surface area contributed by atoms with Crippen LogP contribution in [-0.2, 0) is 16.1 Å². The molecule has 0 aromatic carbocycles. The van der Waals surface area contributed by atoms with Crippen molar-refractivity contribution in [1.29, 1.82) is 5.26 Å². The molecule has 1 aromatic rings. The normalized spacial score (nSPS) is 35.6. The minimum atomic E-state index is -0.265. The molecule has 2 bridgehead atoms. The molecule has 0 spiro atoms. The molecule has 5 aliphatic rings. The van der Waals surface area contributed by atoms with Crippen molar-refractivity contribution in [1.82, 2.24) is 15.5 Å². The first kappa shape index (κ1) is 32.0. The third kappa shape index (κ3) is 6.23. The number of alkyl halides is 1. The number of carbonyl (C=O) groups is 2. The lowest BCUT2D eigenvalue weighted by molar-refractivity contribution is -0.968. The summed E-state index contributed by atoms with van der Waals surface area (Å²) in [4.78, 5) is 27.6. The van der Waals surface area contributed by atoms with Crippen LogP contribution in [0.1, 0.15) is 119 Å². The molecule has 4 heterocycles. The summed E-state index contributed by atoms with van der Waals surface area (Å²) < 4.78 is 6.95. The second-order valence-corrected chi connectivity index (χ2v) is 15.7. The van der Waals surface area contributed by atoms with Gasteiger partial charge in [0.2, 0.25) is 17.6 Å². The SMILES string of the molecule is CCCCC[N+]1(CC)Cc2oc(C#N)cc2C(Br)C1NC1CCC(N2C3CCC2C(C(=O)NCC2(CC(N)=O)CC2)C3)CC1. The van der Waals surface area contributed by atoms with Crippen LogP contribution in [-0.4, -0.2) is 71.2 Å². The predicted octanol–water partition coefficient (Wildman–Crippen LogP) is 4.98. The number of rotatable bonds is 13. The molecule has 44 heavy (non-hydrogen) atoms. The Bertz CT molecular complexity index is 1250. The van der Waals surface area contributed by atoms with E-state index >= 15 is 0 Å². The van der Waals surface area contributed by atoms with Crippen LogP contribution in [0.5, 0.6) is 0 Å². The van der Waals surface area contributed by atoms with E-state index in [2.05, 4.69) is 51.4 Å². The number of unbranched alkanes of at least 4 members (excludes halogenated alkanes) is 2. The predicted molar refractivity (Wildman–Crippen MR) is 172 cm³/mol. The summed E-state index contributed by atoms with van der Waals surface area (Å²) in [5.74, 6) is 1.36. The van der Waals surface area contributed by atoms with Crippen LogP contribution in [0.2, 0.25) is 0 Å². The van der Waals surface area contributed by atoms with E-state index in [0.717, 1.165) is 86.8 Å². The molecule has 1 aromatic heterocycles. The Morgan fingerprint density at radius 1 is 1.16 bits per heavy atom. The van der Waals surface area contributed by atoms with E-state index in [1.165, 1.54) is 25.7 Å². The number of fused-ring (bicyclic) bond motifs is 3. The average molecular weight is 673 g/mol. The molecule has 4 fully saturated rings. The highest BCUT2D eigenvalue weighted by molar-refractivity contribution is 9.09. The third-order valence-electron chi connectivity index (χ3n) is 12.0. The van der Waals surface area contributed by atoms with Crippen molar-refractivity contribution in [2.45, 2.75) is 139 Å². The fourth-order valence-electron chi connectivity index (χ4n) is 9.32. The van der Waals surface area contributed by atoms with Gasteiger partial charge in [-0.3, -0.25) is 19.8 Å². The zero-order valence-electron chi connectivity index (χ0n) is 26.7. The molecule has 2 saturated carbocycles. The number of nitrogens with zero attached hydrogens (tertiary/aromatic N) is 3. The lowest BCUT2D eigenvalue weighted by Crippen LogP contribution is -2.66. The first-order valence-corrected chi connectivity index (χ1v) is 18.2. The van der Waals surface area contributed by atoms with Crippen LogP contribution in [0.15, 0.2) is 10.5 Å². The van der Waals surface area contributed by atoms with Gasteiger partial charge in [-0.05, 0) is 83.0 Å². The van der Waals surface area contributed by atoms with Gasteiger partial charge in [-0.1, -0.05) is 29.3 Å². The summed E-state index contributed by atoms with van der Waals surface area (Å²) >= 11 is 4.08. The number of furan rings is 1. The molecule has 3 aliphatic heterocycles. The first-order chi connectivity index (χ1) is 21.2. The maximum absolute atomic E-state index is 13.3. The van der Waals surface area contributed by atoms with Crippen molar-refractivity contribution in [3.63, 3.8) is 0 Å². The van der Waals surface area contributed by atoms with Gasteiger partial charge in [0.1, 0.15) is 17.4 Å². The number of likely N-dealkylation sites (N-methyl/N-ethyl adjacent to an activating group) is 1. The van der Waals surface area contributed by atoms with Gasteiger partial charge in [0.05, 0.1) is 19.0 Å². The quantitative estimate of drug-likeness (QED) is 0.154. The second kappa shape index (κ2) is 13.1. The largest absolute Gasteiger partial charge is 0.444 e. The van der Waals surface area contributed by atoms with Gasteiger partial charge in [0.15, 0.2) is 11.9 Å². The molecule has 2 aliphatic carbocycles. The minimum Gasteiger partial charge on any atom is -0.444 e. The second-order valence-electron chi connectivity index (χ2n) is 14.7. The molecular formula is C34H52BrN6O3+. The van der Waals surface area contributed by atoms with E-state index in [9.17, 15) is 14.9 Å². The number of hydrogen-bond acceptors (Lipinski definition) is 6. The third-order valence-corrected chi connectivity index (χ3v) is 13.0. The number of quaternary nitrogens is 1. The number of halogens is 1. The maximum atomic E-state index is 13.3. The number of nitriles is 1. The molecule has 4 N–H and O–H groups in total. The molecule has 0 radical (unpaired) electrons. The first-order valence-electron chi connectivity index (χ1n) is 17.3. The molecule has 6 unspecified atom stereocenters. The number of amides is 2. The highest BCUT2D eigenvalue weighted by atomic mass is 79.9. The van der Waals surface area contributed by atoms with E-state index in [0.29, 0.717) is 42.9 Å². The topological polar surface area (TPSA) is 124 Å². The Morgan fingerprint density at radius 3 is 2.57 bits per heavy atom. The van der Waals surface area contributed by atoms with Crippen molar-refractivity contribution in [3.8, 4) is 6.07 Å². The summed E-state index contributed by atoms with van der Waals surface area (Å²) in [7, 11) is 0. The van der Waals surface area contributed by atoms with E-state index in [1.807, 2.05) is 6.07 Å². The summed E-state index contributed by atoms with van der Waals surface area (Å²) in [5.41, 5.74) is 6.50. The highest BCUT2D eigenvalue weighted by Crippen LogP contribution is 2.49. The van der Waals surface area contributed by atoms with Crippen LogP contribution in [0.25, 0.3) is 0 Å². The lowest BCUT2D eigenvalue weighted by atomic mass is 9.87. The van der Waals surface area contributed by atoms with Gasteiger partial charge in [-0.15, -0.1) is 0 Å². The van der Waals surface area contributed by atoms with Crippen LogP contribution in [0.4, 0.5) is 0 Å². The summed E-state index contributed by atoms with van der Waals surface area (Å²) in [6.45, 7) is 8.10. The van der Waals surface area contributed by atoms with Crippen molar-refractivity contribution >= 4 is 27.7 Å². The fourth-order valence-corrected chi connectivity index (χ4v) is 10.4. The van der Waals surface area contributed by atoms with Gasteiger partial charge in [-0.2, -0.15) is 5.26 Å². The lowest BCUT2D eigenvalue weighted by Gasteiger charge is -2.50. The smallest absolute Gasteiger partial charge is 0.224 e. The number of primary amides is 1. The van der Waals surface area contributed by atoms with Gasteiger partial charge < -0.3 is 20.0 Å². The molecule has 242 valence electrons. The van der Waals surface area contributed by atoms with Crippen LogP contribution in [0, 0.1) is 22.7 Å². The Hall–Kier alpha value is -1.93. The van der Waals surface area contributed by atoms with Crippen molar-refractivity contribution < 1.29 is 18.5 Å².